The minimum absolute atomic E-state index is 0. The zero-order chi connectivity index (χ0) is 18.0. The molecule has 0 rings (SSSR count). The molecule has 0 heterocycles. The topological polar surface area (TPSA) is 1140 Å². The standard InChI is InChI=1S/2Al.Mg.4H2O4S.26H2O/c;;;4*1-5(2,3)4;;;;;;;;;;;;;;;;;;;;;;;;;;/h;;;4*(H2,1,2,3,4);26*1H2/q2*+3;+2;;;;;;;;;;;;;;;;;;;;;;;;;;;;;;/p-8. The number of rotatable bonds is 0. The van der Waals surface area contributed by atoms with Gasteiger partial charge < -0.3 is 179 Å². The Bertz CT molecular complexity index is 491. The van der Waals surface area contributed by atoms with E-state index in [1.165, 1.54) is 0 Å². The van der Waals surface area contributed by atoms with Crippen LogP contribution in [0.5, 0.6) is 0 Å². The van der Waals surface area contributed by atoms with Gasteiger partial charge in [0, 0.05) is 41.6 Å². The van der Waals surface area contributed by atoms with Crippen molar-refractivity contribution >= 4 is 99.4 Å². The predicted molar refractivity (Wildman–Crippen MR) is 153 cm³/mol. The Morgan fingerprint density at radius 2 is 0.184 bits per heavy atom. The van der Waals surface area contributed by atoms with Crippen LogP contribution in [-0.4, -0.2) is 270 Å². The summed E-state index contributed by atoms with van der Waals surface area (Å²) in [5, 5.41) is 0. The second kappa shape index (κ2) is 183. The molecule has 42 nitrogen and oxygen atoms in total. The molecule has 0 radical (unpaired) electrons. The first-order valence-electron chi connectivity index (χ1n) is 2.67. The van der Waals surface area contributed by atoms with Crippen molar-refractivity contribution in [1.29, 1.82) is 0 Å². The third kappa shape index (κ3) is 1410000. The molecule has 0 aromatic rings. The van der Waals surface area contributed by atoms with E-state index in [2.05, 4.69) is 0 Å². The first kappa shape index (κ1) is 434. The van der Waals surface area contributed by atoms with Crippen LogP contribution in [0.25, 0.3) is 0 Å². The molecule has 0 aliphatic rings. The molecule has 0 atom stereocenters. The molecule has 0 aromatic carbocycles. The summed E-state index contributed by atoms with van der Waals surface area (Å²) in [6, 6.07) is 0. The Kier molecular flexibility index (Phi) is 1620. The molecule has 0 aliphatic carbocycles. The summed E-state index contributed by atoms with van der Waals surface area (Å²) in [5.41, 5.74) is 0. The van der Waals surface area contributed by atoms with Gasteiger partial charge in [-0.2, -0.15) is 0 Å². The normalized spacial score (nSPS) is 4.73. The van der Waals surface area contributed by atoms with Crippen molar-refractivity contribution in [2.24, 2.45) is 0 Å². The van der Waals surface area contributed by atoms with E-state index in [1.54, 1.807) is 0 Å². The molecule has 0 amide bonds. The van der Waals surface area contributed by atoms with Crippen LogP contribution in [-0.2, 0) is 41.6 Å². The third-order valence-corrected chi connectivity index (χ3v) is 0. The average Bonchev–Trinajstić information content (AvgIpc) is 1.62. The molecule has 0 fully saturated rings. The number of hydrogen-bond acceptors (Lipinski definition) is 16. The van der Waals surface area contributed by atoms with Crippen molar-refractivity contribution in [2.75, 3.05) is 0 Å². The van der Waals surface area contributed by atoms with Gasteiger partial charge in [-0.1, -0.05) is 0 Å². The van der Waals surface area contributed by atoms with Crippen molar-refractivity contribution in [2.45, 2.75) is 0 Å². The first-order chi connectivity index (χ1) is 8.00. The second-order valence-electron chi connectivity index (χ2n) is 1.63. The molecule has 49 heteroatoms. The van der Waals surface area contributed by atoms with E-state index >= 15 is 0 Å². The van der Waals surface area contributed by atoms with Crippen LogP contribution >= 0.6 is 0 Å². The number of hydrogen-bond donors (Lipinski definition) is 0. The molecule has 0 aromatic heterocycles. The van der Waals surface area contributed by atoms with E-state index in [0.717, 1.165) is 0 Å². The summed E-state index contributed by atoms with van der Waals surface area (Å²) < 4.78 is 136. The summed E-state index contributed by atoms with van der Waals surface area (Å²) in [4.78, 5) is 0. The van der Waals surface area contributed by atoms with Crippen LogP contribution in [0.1, 0.15) is 0 Å². The summed E-state index contributed by atoms with van der Waals surface area (Å²) in [7, 11) is -20.7. The Morgan fingerprint density at radius 3 is 0.184 bits per heavy atom. The quantitative estimate of drug-likeness (QED) is 0.124. The first-order valence-corrected chi connectivity index (χ1v) is 8.00. The van der Waals surface area contributed by atoms with E-state index in [1.807, 2.05) is 0 Å². The molecule has 0 saturated heterocycles. The zero-order valence-electron chi connectivity index (χ0n) is 23.0. The van der Waals surface area contributed by atoms with Gasteiger partial charge in [-0.15, -0.1) is 0 Å². The summed E-state index contributed by atoms with van der Waals surface area (Å²) in [6.45, 7) is 0. The molecule has 0 unspecified atom stereocenters. The smallest absolute Gasteiger partial charge is 0.759 e. The van der Waals surface area contributed by atoms with Gasteiger partial charge in [0.25, 0.3) is 0 Å². The van der Waals surface area contributed by atoms with Crippen molar-refractivity contribution in [3.8, 4) is 0 Å². The Hall–Kier alpha value is 0.271. The van der Waals surface area contributed by atoms with Crippen LogP contribution < -0.4 is 0 Å². The van der Waals surface area contributed by atoms with Crippen LogP contribution in [0.4, 0.5) is 0 Å². The van der Waals surface area contributed by atoms with Crippen LogP contribution in [0, 0.1) is 0 Å². The van der Waals surface area contributed by atoms with Crippen molar-refractivity contribution < 1.29 is 212 Å². The SMILES string of the molecule is O.O.O.O.O.O.O.O.O.O.O.O.O.O.O.O.O.O.O.O.O.O.O.O.O.O.O=S(=O)([O-])[O-].O=S(=O)([O-])[O-].O=S(=O)([O-])[O-].O=S(=O)([O-])[O-].[Al+3].[Al+3].[Mg+2]. The van der Waals surface area contributed by atoms with Gasteiger partial charge in [0.05, 0.1) is 0 Å². The van der Waals surface area contributed by atoms with Crippen molar-refractivity contribution in [1.82, 2.24) is 0 Å². The fourth-order valence-corrected chi connectivity index (χ4v) is 0. The van der Waals surface area contributed by atoms with Gasteiger partial charge >= 0.3 is 57.8 Å². The molecular weight excluding hydrogens is 878 g/mol. The maximum atomic E-state index is 8.52. The molecule has 336 valence electrons. The van der Waals surface area contributed by atoms with Crippen LogP contribution in [0.3, 0.4) is 0 Å². The molecule has 52 N–H and O–H groups in total. The summed E-state index contributed by atoms with van der Waals surface area (Å²) >= 11 is 0. The van der Waals surface area contributed by atoms with Gasteiger partial charge in [-0.25, -0.2) is 0 Å². The molecule has 0 saturated carbocycles. The monoisotopic (exact) mass is 930 g/mol. The summed E-state index contributed by atoms with van der Waals surface area (Å²) in [5.74, 6) is 0. The van der Waals surface area contributed by atoms with E-state index < -0.39 is 41.6 Å². The largest absolute Gasteiger partial charge is 3.00 e. The van der Waals surface area contributed by atoms with Crippen LogP contribution in [0.15, 0.2) is 0 Å². The van der Waals surface area contributed by atoms with E-state index in [0.29, 0.717) is 0 Å². The minimum atomic E-state index is -5.17. The van der Waals surface area contributed by atoms with Gasteiger partial charge in [0.1, 0.15) is 0 Å². The average molecular weight is 931 g/mol. The maximum Gasteiger partial charge on any atom is 3.00 e. The molecule has 0 spiro atoms. The van der Waals surface area contributed by atoms with E-state index in [-0.39, 0.29) is 200 Å². The third-order valence-electron chi connectivity index (χ3n) is 0. The van der Waals surface area contributed by atoms with Crippen LogP contribution in [0.2, 0.25) is 0 Å². The fourth-order valence-electron chi connectivity index (χ4n) is 0. The zero-order valence-corrected chi connectivity index (χ0v) is 30.0. The van der Waals surface area contributed by atoms with Gasteiger partial charge in [-0.3, -0.25) is 33.7 Å². The predicted octanol–water partition coefficient (Wildman–Crippen LogP) is -27.9. The van der Waals surface area contributed by atoms with Gasteiger partial charge in [0.15, 0.2) is 0 Å². The van der Waals surface area contributed by atoms with Gasteiger partial charge in [-0.05, 0) is 0 Å². The van der Waals surface area contributed by atoms with Crippen molar-refractivity contribution in [3.05, 3.63) is 0 Å². The minimum Gasteiger partial charge on any atom is -0.759 e. The Balaban J connectivity index is -0.00000000188. The molecule has 49 heavy (non-hydrogen) atoms. The maximum absolute atomic E-state index is 8.52. The molecular formula is H52Al2MgO42S4. The van der Waals surface area contributed by atoms with E-state index in [9.17, 15) is 0 Å². The Labute approximate surface area is 310 Å². The molecule has 0 aliphatic heterocycles. The second-order valence-corrected chi connectivity index (χ2v) is 4.90. The summed E-state index contributed by atoms with van der Waals surface area (Å²) in [6.07, 6.45) is 0. The van der Waals surface area contributed by atoms with Gasteiger partial charge in [0.2, 0.25) is 0 Å². The molecule has 0 bridgehead atoms. The Morgan fingerprint density at radius 1 is 0.184 bits per heavy atom. The fraction of sp³-hybridized carbons (Fsp3) is 0. The van der Waals surface area contributed by atoms with Crippen molar-refractivity contribution in [3.63, 3.8) is 0 Å². The van der Waals surface area contributed by atoms with E-state index in [4.69, 9.17) is 70.1 Å².